The summed E-state index contributed by atoms with van der Waals surface area (Å²) in [5.74, 6) is 0.857. The number of anilines is 1. The first-order valence-corrected chi connectivity index (χ1v) is 8.96. The predicted molar refractivity (Wildman–Crippen MR) is 112 cm³/mol. The summed E-state index contributed by atoms with van der Waals surface area (Å²) in [7, 11) is 1.83. The molecule has 2 aromatic rings. The Hall–Kier alpha value is -1.93. The normalized spacial score (nSPS) is 14.9. The van der Waals surface area contributed by atoms with Gasteiger partial charge in [-0.25, -0.2) is 0 Å². The number of amides is 1. The number of rotatable bonds is 3. The smallest absolute Gasteiger partial charge is 0.232 e. The fourth-order valence-electron chi connectivity index (χ4n) is 3.38. The van der Waals surface area contributed by atoms with Gasteiger partial charge in [-0.05, 0) is 29.0 Å². The van der Waals surface area contributed by atoms with Crippen LogP contribution >= 0.6 is 0 Å². The van der Waals surface area contributed by atoms with Gasteiger partial charge in [-0.15, -0.1) is 0 Å². The zero-order valence-corrected chi connectivity index (χ0v) is 18.0. The molecule has 0 fully saturated rings. The molecule has 1 heterocycles. The molecule has 0 atom stereocenters. The first kappa shape index (κ1) is 23.1. The zero-order chi connectivity index (χ0) is 18.1. The quantitative estimate of drug-likeness (QED) is 0.462. The third-order valence-corrected chi connectivity index (χ3v) is 4.86. The van der Waals surface area contributed by atoms with Crippen LogP contribution in [0.4, 0.5) is 11.4 Å². The molecule has 1 aliphatic rings. The Bertz CT molecular complexity index is 814. The Labute approximate surface area is 173 Å². The molecule has 0 bridgehead atoms. The van der Waals surface area contributed by atoms with Crippen molar-refractivity contribution in [3.05, 3.63) is 66.6 Å². The van der Waals surface area contributed by atoms with E-state index in [-0.39, 0.29) is 29.8 Å². The van der Waals surface area contributed by atoms with Crippen LogP contribution in [-0.2, 0) is 21.3 Å². The summed E-state index contributed by atoms with van der Waals surface area (Å²) in [6, 6.07) is 14.4. The molecule has 0 radical (unpaired) electrons. The minimum absolute atomic E-state index is 0. The molecule has 27 heavy (non-hydrogen) atoms. The van der Waals surface area contributed by atoms with Crippen LogP contribution in [0.5, 0.6) is 0 Å². The maximum Gasteiger partial charge on any atom is 0.232 e. The molecule has 0 aromatic heterocycles. The minimum Gasteiger partial charge on any atom is -0.358 e. The van der Waals surface area contributed by atoms with Gasteiger partial charge in [-0.1, -0.05) is 64.1 Å². The Balaban J connectivity index is 0.00000182. The second kappa shape index (κ2) is 9.32. The van der Waals surface area contributed by atoms with Crippen LogP contribution in [0, 0.1) is 7.43 Å². The maximum absolute atomic E-state index is 12.4. The number of benzene rings is 2. The number of hydrogen-bond acceptors (Lipinski definition) is 2. The van der Waals surface area contributed by atoms with Gasteiger partial charge in [-0.3, -0.25) is 9.79 Å². The Morgan fingerprint density at radius 2 is 1.48 bits per heavy atom. The van der Waals surface area contributed by atoms with Crippen LogP contribution in [0.25, 0.3) is 0 Å². The van der Waals surface area contributed by atoms with E-state index in [4.69, 9.17) is 4.99 Å². The molecule has 1 amide bonds. The number of fused-ring (bicyclic) bond motifs is 1. The molecular formula is C23H29N2NiO-. The second-order valence-electron chi connectivity index (χ2n) is 7.30. The topological polar surface area (TPSA) is 32.7 Å². The average molecular weight is 408 g/mol. The second-order valence-corrected chi connectivity index (χ2v) is 7.30. The summed E-state index contributed by atoms with van der Waals surface area (Å²) in [4.78, 5) is 19.2. The van der Waals surface area contributed by atoms with E-state index in [0.29, 0.717) is 18.3 Å². The van der Waals surface area contributed by atoms with Gasteiger partial charge in [0.2, 0.25) is 5.91 Å². The monoisotopic (exact) mass is 407 g/mol. The van der Waals surface area contributed by atoms with E-state index in [1.165, 1.54) is 11.1 Å². The summed E-state index contributed by atoms with van der Waals surface area (Å²) in [6.07, 6.45) is 0.345. The van der Waals surface area contributed by atoms with Gasteiger partial charge in [0, 0.05) is 29.1 Å². The van der Waals surface area contributed by atoms with Crippen molar-refractivity contribution in [3.8, 4) is 0 Å². The molecule has 0 unspecified atom stereocenters. The van der Waals surface area contributed by atoms with Crippen molar-refractivity contribution in [2.24, 2.45) is 4.99 Å². The van der Waals surface area contributed by atoms with Crippen molar-refractivity contribution >= 4 is 23.0 Å². The van der Waals surface area contributed by atoms with Crippen molar-refractivity contribution in [1.29, 1.82) is 0 Å². The predicted octanol–water partition coefficient (Wildman–Crippen LogP) is 5.87. The van der Waals surface area contributed by atoms with E-state index in [1.54, 1.807) is 4.90 Å². The zero-order valence-electron chi connectivity index (χ0n) is 17.0. The first-order chi connectivity index (χ1) is 11.9. The molecular weight excluding hydrogens is 379 g/mol. The molecule has 0 N–H and O–H groups in total. The van der Waals surface area contributed by atoms with E-state index >= 15 is 0 Å². The number of para-hydroxylation sites is 2. The number of aliphatic imine (C=N–C) groups is 1. The summed E-state index contributed by atoms with van der Waals surface area (Å²) in [5, 5.41) is 0. The van der Waals surface area contributed by atoms with Crippen LogP contribution in [0.2, 0.25) is 0 Å². The van der Waals surface area contributed by atoms with Crippen LogP contribution in [0.1, 0.15) is 62.6 Å². The number of hydrogen-bond donors (Lipinski definition) is 0. The largest absolute Gasteiger partial charge is 0.358 e. The molecule has 0 spiro atoms. The minimum atomic E-state index is 0. The molecule has 0 saturated carbocycles. The van der Waals surface area contributed by atoms with Gasteiger partial charge in [0.15, 0.2) is 0 Å². The third-order valence-electron chi connectivity index (χ3n) is 4.86. The molecule has 4 heteroatoms. The molecule has 1 aliphatic heterocycles. The number of carbonyl (C=O) groups is 1. The fourth-order valence-corrected chi connectivity index (χ4v) is 3.38. The molecule has 2 aromatic carbocycles. The van der Waals surface area contributed by atoms with Gasteiger partial charge >= 0.3 is 0 Å². The van der Waals surface area contributed by atoms with Gasteiger partial charge in [-0.2, -0.15) is 0 Å². The summed E-state index contributed by atoms with van der Waals surface area (Å²) in [5.41, 5.74) is 6.37. The molecule has 0 aliphatic carbocycles. The van der Waals surface area contributed by atoms with Crippen molar-refractivity contribution in [1.82, 2.24) is 0 Å². The first-order valence-electron chi connectivity index (χ1n) is 8.96. The maximum atomic E-state index is 12.4. The van der Waals surface area contributed by atoms with E-state index in [2.05, 4.69) is 52.0 Å². The van der Waals surface area contributed by atoms with Gasteiger partial charge in [0.05, 0.1) is 23.5 Å². The molecule has 148 valence electrons. The van der Waals surface area contributed by atoms with Crippen molar-refractivity contribution in [2.75, 3.05) is 11.9 Å². The number of nitrogens with zero attached hydrogens (tertiary/aromatic N) is 2. The summed E-state index contributed by atoms with van der Waals surface area (Å²) in [6.45, 7) is 8.77. The van der Waals surface area contributed by atoms with Crippen LogP contribution in [0.15, 0.2) is 47.5 Å². The molecule has 3 nitrogen and oxygen atoms in total. The van der Waals surface area contributed by atoms with Crippen molar-refractivity contribution < 1.29 is 21.3 Å². The van der Waals surface area contributed by atoms with E-state index in [1.807, 2.05) is 25.2 Å². The van der Waals surface area contributed by atoms with Gasteiger partial charge in [0.25, 0.3) is 0 Å². The van der Waals surface area contributed by atoms with Gasteiger partial charge < -0.3 is 12.3 Å². The molecule has 0 saturated heterocycles. The SMILES string of the molecule is CC(C)c1cccc(C(C)C)c1N=C1CC(=O)N(C)c2ccccc21.[CH3-].[Ni]. The van der Waals surface area contributed by atoms with Crippen molar-refractivity contribution in [3.63, 3.8) is 0 Å². The number of carbonyl (C=O) groups excluding carboxylic acids is 1. The van der Waals surface area contributed by atoms with E-state index in [0.717, 1.165) is 22.6 Å². The van der Waals surface area contributed by atoms with E-state index in [9.17, 15) is 4.79 Å². The van der Waals surface area contributed by atoms with Crippen LogP contribution in [-0.4, -0.2) is 18.7 Å². The van der Waals surface area contributed by atoms with E-state index < -0.39 is 0 Å². The van der Waals surface area contributed by atoms with Crippen LogP contribution in [0.3, 0.4) is 0 Å². The van der Waals surface area contributed by atoms with Crippen LogP contribution < -0.4 is 4.90 Å². The Kier molecular flexibility index (Phi) is 7.98. The standard InChI is InChI=1S/C22H26N2O.CH3.Ni/c1-14(2)16-10-8-11-17(15(3)4)22(16)23-19-13-21(25)24(5)20-12-7-6-9-18(19)20;;/h6-12,14-15H,13H2,1-5H3;1H3;/q;-1;. The van der Waals surface area contributed by atoms with Crippen molar-refractivity contribution in [2.45, 2.75) is 46.0 Å². The fraction of sp³-hybridized carbons (Fsp3) is 0.348. The summed E-state index contributed by atoms with van der Waals surface area (Å²) >= 11 is 0. The Morgan fingerprint density at radius 1 is 0.926 bits per heavy atom. The third kappa shape index (κ3) is 4.50. The molecule has 3 rings (SSSR count). The average Bonchev–Trinajstić information content (AvgIpc) is 2.59. The Morgan fingerprint density at radius 3 is 2.04 bits per heavy atom. The van der Waals surface area contributed by atoms with Gasteiger partial charge in [0.1, 0.15) is 0 Å². The summed E-state index contributed by atoms with van der Waals surface area (Å²) < 4.78 is 0.